The first-order valence-electron chi connectivity index (χ1n) is 7.80. The van der Waals surface area contributed by atoms with Crippen LogP contribution in [-0.4, -0.2) is 42.5 Å². The van der Waals surface area contributed by atoms with E-state index < -0.39 is 0 Å². The average Bonchev–Trinajstić information content (AvgIpc) is 3.07. The maximum absolute atomic E-state index is 12.5. The third-order valence-electron chi connectivity index (χ3n) is 4.84. The first kappa shape index (κ1) is 14.5. The molecular weight excluding hydrogens is 268 g/mol. The summed E-state index contributed by atoms with van der Waals surface area (Å²) in [5.41, 5.74) is -0.241. The van der Waals surface area contributed by atoms with E-state index in [0.717, 1.165) is 45.2 Å². The van der Waals surface area contributed by atoms with Crippen LogP contribution in [0.3, 0.4) is 0 Å². The van der Waals surface area contributed by atoms with E-state index in [2.05, 4.69) is 15.7 Å². The van der Waals surface area contributed by atoms with Crippen LogP contribution < -0.4 is 10.6 Å². The molecule has 1 saturated carbocycles. The van der Waals surface area contributed by atoms with E-state index in [1.54, 1.807) is 7.11 Å². The second-order valence-electron chi connectivity index (χ2n) is 6.16. The van der Waals surface area contributed by atoms with Gasteiger partial charge >= 0.3 is 0 Å². The molecule has 1 aromatic rings. The highest BCUT2D eigenvalue weighted by Gasteiger charge is 2.43. The van der Waals surface area contributed by atoms with Gasteiger partial charge in [-0.25, -0.2) is 0 Å². The summed E-state index contributed by atoms with van der Waals surface area (Å²) in [5.74, 6) is 0.760. The molecule has 21 heavy (non-hydrogen) atoms. The summed E-state index contributed by atoms with van der Waals surface area (Å²) in [4.78, 5) is 12.5. The Hall–Kier alpha value is -1.40. The minimum Gasteiger partial charge on any atom is -0.385 e. The van der Waals surface area contributed by atoms with Crippen molar-refractivity contribution in [2.24, 2.45) is 5.41 Å². The molecule has 0 spiro atoms. The third kappa shape index (κ3) is 2.96. The number of nitrogens with zero attached hydrogens (tertiary/aromatic N) is 2. The summed E-state index contributed by atoms with van der Waals surface area (Å²) in [6, 6.07) is 2.29. The first-order chi connectivity index (χ1) is 10.2. The molecule has 2 aliphatic rings. The Bertz CT molecular complexity index is 490. The second kappa shape index (κ2) is 6.15. The van der Waals surface area contributed by atoms with Crippen LogP contribution in [0, 0.1) is 5.41 Å². The summed E-state index contributed by atoms with van der Waals surface area (Å²) in [7, 11) is 1.68. The van der Waals surface area contributed by atoms with E-state index in [-0.39, 0.29) is 11.3 Å². The highest BCUT2D eigenvalue weighted by molar-refractivity contribution is 5.95. The van der Waals surface area contributed by atoms with Crippen LogP contribution >= 0.6 is 0 Å². The normalized spacial score (nSPS) is 23.8. The van der Waals surface area contributed by atoms with Gasteiger partial charge < -0.3 is 15.4 Å². The quantitative estimate of drug-likeness (QED) is 0.835. The predicted molar refractivity (Wildman–Crippen MR) is 80.2 cm³/mol. The number of amides is 1. The minimum atomic E-state index is -0.241. The second-order valence-corrected chi connectivity index (χ2v) is 6.16. The predicted octanol–water partition coefficient (Wildman–Crippen LogP) is 1.56. The molecule has 1 amide bonds. The summed E-state index contributed by atoms with van der Waals surface area (Å²) in [5, 5.41) is 10.8. The molecular formula is C15H24N4O2. The van der Waals surface area contributed by atoms with E-state index in [4.69, 9.17) is 4.74 Å². The van der Waals surface area contributed by atoms with Crippen LogP contribution in [0.25, 0.3) is 0 Å². The zero-order valence-corrected chi connectivity index (χ0v) is 12.6. The van der Waals surface area contributed by atoms with Gasteiger partial charge in [-0.3, -0.25) is 9.48 Å². The number of nitrogens with one attached hydrogen (secondary N) is 2. The molecule has 6 nitrogen and oxygen atoms in total. The molecule has 0 radical (unpaired) electrons. The Morgan fingerprint density at radius 1 is 1.62 bits per heavy atom. The third-order valence-corrected chi connectivity index (χ3v) is 4.84. The monoisotopic (exact) mass is 292 g/mol. The standard InChI is InChI=1S/C15H24N4O2/c1-21-10-7-15(5-2-6-15)14(20)17-13-4-9-19(18-13)12-3-8-16-11-12/h4,9,12,16H,2-3,5-8,10-11H2,1H3,(H,17,18,20)/t12-/m0/s1. The SMILES string of the molecule is COCCC1(C(=O)Nc2ccn([C@H]3CCNC3)n2)CCC1. The molecule has 2 fully saturated rings. The van der Waals surface area contributed by atoms with Crippen LogP contribution in [0.15, 0.2) is 12.3 Å². The van der Waals surface area contributed by atoms with Gasteiger partial charge in [-0.05, 0) is 32.2 Å². The minimum absolute atomic E-state index is 0.0978. The fourth-order valence-electron chi connectivity index (χ4n) is 3.21. The highest BCUT2D eigenvalue weighted by Crippen LogP contribution is 2.44. The van der Waals surface area contributed by atoms with Crippen molar-refractivity contribution in [2.75, 3.05) is 32.1 Å². The van der Waals surface area contributed by atoms with E-state index in [1.165, 1.54) is 0 Å². The van der Waals surface area contributed by atoms with Crippen molar-refractivity contribution in [2.45, 2.75) is 38.1 Å². The van der Waals surface area contributed by atoms with Gasteiger partial charge in [-0.1, -0.05) is 6.42 Å². The van der Waals surface area contributed by atoms with Crippen LogP contribution in [-0.2, 0) is 9.53 Å². The number of anilines is 1. The Kier molecular flexibility index (Phi) is 4.26. The molecule has 2 N–H and O–H groups in total. The molecule has 116 valence electrons. The number of aromatic nitrogens is 2. The van der Waals surface area contributed by atoms with Gasteiger partial charge in [-0.15, -0.1) is 0 Å². The number of hydrogen-bond acceptors (Lipinski definition) is 4. The molecule has 1 saturated heterocycles. The molecule has 0 aromatic carbocycles. The topological polar surface area (TPSA) is 68.2 Å². The summed E-state index contributed by atoms with van der Waals surface area (Å²) >= 11 is 0. The van der Waals surface area contributed by atoms with Gasteiger partial charge in [0.1, 0.15) is 0 Å². The zero-order chi connectivity index (χ0) is 14.7. The van der Waals surface area contributed by atoms with Crippen molar-refractivity contribution in [1.29, 1.82) is 0 Å². The Morgan fingerprint density at radius 3 is 3.10 bits per heavy atom. The fourth-order valence-corrected chi connectivity index (χ4v) is 3.21. The van der Waals surface area contributed by atoms with Crippen LogP contribution in [0.1, 0.15) is 38.1 Å². The van der Waals surface area contributed by atoms with Crippen LogP contribution in [0.4, 0.5) is 5.82 Å². The zero-order valence-electron chi connectivity index (χ0n) is 12.6. The van der Waals surface area contributed by atoms with Gasteiger partial charge in [0.15, 0.2) is 5.82 Å². The Labute approximate surface area is 125 Å². The van der Waals surface area contributed by atoms with Crippen molar-refractivity contribution < 1.29 is 9.53 Å². The van der Waals surface area contributed by atoms with Crippen molar-refractivity contribution in [3.05, 3.63) is 12.3 Å². The maximum Gasteiger partial charge on any atom is 0.231 e. The fraction of sp³-hybridized carbons (Fsp3) is 0.733. The molecule has 1 aliphatic carbocycles. The Balaban J connectivity index is 1.61. The summed E-state index contributed by atoms with van der Waals surface area (Å²) < 4.78 is 7.10. The molecule has 1 aliphatic heterocycles. The largest absolute Gasteiger partial charge is 0.385 e. The summed E-state index contributed by atoms with van der Waals surface area (Å²) in [6.45, 7) is 2.62. The van der Waals surface area contributed by atoms with E-state index >= 15 is 0 Å². The van der Waals surface area contributed by atoms with E-state index in [1.807, 2.05) is 16.9 Å². The number of ether oxygens (including phenoxy) is 1. The molecule has 3 rings (SSSR count). The number of carbonyl (C=O) groups excluding carboxylic acids is 1. The molecule has 1 atom stereocenters. The number of carbonyl (C=O) groups is 1. The number of hydrogen-bond donors (Lipinski definition) is 2. The highest BCUT2D eigenvalue weighted by atomic mass is 16.5. The van der Waals surface area contributed by atoms with Gasteiger partial charge in [-0.2, -0.15) is 5.10 Å². The molecule has 2 heterocycles. The van der Waals surface area contributed by atoms with Crippen molar-refractivity contribution in [3.63, 3.8) is 0 Å². The molecule has 0 unspecified atom stereocenters. The lowest BCUT2D eigenvalue weighted by molar-refractivity contribution is -0.131. The van der Waals surface area contributed by atoms with E-state index in [9.17, 15) is 4.79 Å². The smallest absolute Gasteiger partial charge is 0.231 e. The number of methoxy groups -OCH3 is 1. The summed E-state index contributed by atoms with van der Waals surface area (Å²) in [6.07, 6.45) is 6.87. The van der Waals surface area contributed by atoms with Crippen molar-refractivity contribution in [1.82, 2.24) is 15.1 Å². The van der Waals surface area contributed by atoms with Crippen molar-refractivity contribution in [3.8, 4) is 0 Å². The van der Waals surface area contributed by atoms with Gasteiger partial charge in [0.05, 0.1) is 11.5 Å². The molecule has 1 aromatic heterocycles. The van der Waals surface area contributed by atoms with Gasteiger partial charge in [0.25, 0.3) is 0 Å². The van der Waals surface area contributed by atoms with Crippen molar-refractivity contribution >= 4 is 11.7 Å². The van der Waals surface area contributed by atoms with Crippen LogP contribution in [0.2, 0.25) is 0 Å². The van der Waals surface area contributed by atoms with Gasteiger partial charge in [0.2, 0.25) is 5.91 Å². The molecule has 6 heteroatoms. The van der Waals surface area contributed by atoms with Crippen LogP contribution in [0.5, 0.6) is 0 Å². The lowest BCUT2D eigenvalue weighted by Crippen LogP contribution is -2.42. The lowest BCUT2D eigenvalue weighted by atomic mass is 9.66. The average molecular weight is 292 g/mol. The number of rotatable bonds is 6. The van der Waals surface area contributed by atoms with Gasteiger partial charge in [0, 0.05) is 32.5 Å². The Morgan fingerprint density at radius 2 is 2.48 bits per heavy atom. The first-order valence-corrected chi connectivity index (χ1v) is 7.80. The van der Waals surface area contributed by atoms with E-state index in [0.29, 0.717) is 18.5 Å². The maximum atomic E-state index is 12.5. The molecule has 0 bridgehead atoms. The lowest BCUT2D eigenvalue weighted by Gasteiger charge is -2.39.